The molecular formula is C12H19N3O3S. The van der Waals surface area contributed by atoms with Crippen LogP contribution < -0.4 is 10.6 Å². The molecule has 3 N–H and O–H groups in total. The van der Waals surface area contributed by atoms with Gasteiger partial charge in [0.05, 0.1) is 28.7 Å². The summed E-state index contributed by atoms with van der Waals surface area (Å²) in [4.78, 5) is 27.0. The normalized spacial score (nSPS) is 12.0. The van der Waals surface area contributed by atoms with E-state index in [1.807, 2.05) is 5.38 Å². The fraction of sp³-hybridized carbons (Fsp3) is 0.583. The molecule has 0 atom stereocenters. The van der Waals surface area contributed by atoms with Gasteiger partial charge < -0.3 is 15.7 Å². The number of hydrogen-bond acceptors (Lipinski definition) is 4. The average molecular weight is 285 g/mol. The number of amides is 2. The van der Waals surface area contributed by atoms with Crippen LogP contribution in [0, 0.1) is 5.41 Å². The number of rotatable bonds is 5. The minimum absolute atomic E-state index is 0.318. The first-order valence-corrected chi connectivity index (χ1v) is 6.77. The van der Waals surface area contributed by atoms with Crippen molar-refractivity contribution in [2.45, 2.75) is 39.8 Å². The Morgan fingerprint density at radius 3 is 2.47 bits per heavy atom. The van der Waals surface area contributed by atoms with Gasteiger partial charge in [-0.15, -0.1) is 11.3 Å². The Hall–Kier alpha value is -1.63. The molecule has 1 aromatic rings. The number of nitrogens with one attached hydrogen (secondary N) is 2. The lowest BCUT2D eigenvalue weighted by Crippen LogP contribution is -2.58. The molecule has 0 saturated carbocycles. The highest BCUT2D eigenvalue weighted by atomic mass is 32.1. The molecule has 1 rings (SSSR count). The topological polar surface area (TPSA) is 91.3 Å². The third kappa shape index (κ3) is 3.66. The predicted octanol–water partition coefficient (Wildman–Crippen LogP) is 1.83. The zero-order valence-corrected chi connectivity index (χ0v) is 12.3. The highest BCUT2D eigenvalue weighted by Crippen LogP contribution is 2.30. The standard InChI is InChI=1S/C12H19N3O3S/c1-11(2,9(16)17)12(3,4)15-10(18)13-5-8-6-19-7-14-8/h6-7H,5H2,1-4H3,(H,16,17)(H2,13,15,18). The summed E-state index contributed by atoms with van der Waals surface area (Å²) in [5, 5.41) is 16.4. The molecule has 2 amide bonds. The van der Waals surface area contributed by atoms with Gasteiger partial charge in [0.15, 0.2) is 0 Å². The van der Waals surface area contributed by atoms with E-state index in [2.05, 4.69) is 15.6 Å². The van der Waals surface area contributed by atoms with Gasteiger partial charge in [-0.05, 0) is 27.7 Å². The number of aromatic nitrogens is 1. The molecule has 106 valence electrons. The van der Waals surface area contributed by atoms with Crippen molar-refractivity contribution in [2.24, 2.45) is 5.41 Å². The van der Waals surface area contributed by atoms with E-state index in [0.717, 1.165) is 5.69 Å². The molecule has 0 spiro atoms. The highest BCUT2D eigenvalue weighted by molar-refractivity contribution is 7.07. The third-order valence-electron chi connectivity index (χ3n) is 3.44. The Balaban J connectivity index is 2.58. The van der Waals surface area contributed by atoms with Crippen LogP contribution in [0.5, 0.6) is 0 Å². The first-order chi connectivity index (χ1) is 8.67. The van der Waals surface area contributed by atoms with Crippen LogP contribution in [-0.2, 0) is 11.3 Å². The minimum atomic E-state index is -1.08. The monoisotopic (exact) mass is 285 g/mol. The average Bonchev–Trinajstić information content (AvgIpc) is 2.78. The SMILES string of the molecule is CC(C)(NC(=O)NCc1cscn1)C(C)(C)C(=O)O. The van der Waals surface area contributed by atoms with Gasteiger partial charge >= 0.3 is 12.0 Å². The van der Waals surface area contributed by atoms with Crippen LogP contribution in [0.2, 0.25) is 0 Å². The summed E-state index contributed by atoms with van der Waals surface area (Å²) in [6.45, 7) is 6.85. The first-order valence-electron chi connectivity index (χ1n) is 5.83. The predicted molar refractivity (Wildman–Crippen MR) is 73.0 cm³/mol. The summed E-state index contributed by atoms with van der Waals surface area (Å²) in [7, 11) is 0. The number of carboxylic acid groups (broad SMARTS) is 1. The van der Waals surface area contributed by atoms with Crippen molar-refractivity contribution in [1.29, 1.82) is 0 Å². The van der Waals surface area contributed by atoms with Crippen LogP contribution in [0.4, 0.5) is 4.79 Å². The molecule has 1 aromatic heterocycles. The van der Waals surface area contributed by atoms with Crippen LogP contribution in [0.15, 0.2) is 10.9 Å². The lowest BCUT2D eigenvalue weighted by molar-refractivity contribution is -0.150. The van der Waals surface area contributed by atoms with Crippen molar-refractivity contribution < 1.29 is 14.7 Å². The molecule has 0 unspecified atom stereocenters. The Kier molecular flexibility index (Phi) is 4.52. The van der Waals surface area contributed by atoms with E-state index < -0.39 is 23.0 Å². The number of urea groups is 1. The second-order valence-electron chi connectivity index (χ2n) is 5.34. The molecule has 0 saturated heterocycles. The summed E-state index contributed by atoms with van der Waals surface area (Å²) in [6, 6.07) is -0.410. The fourth-order valence-corrected chi connectivity index (χ4v) is 1.81. The van der Waals surface area contributed by atoms with Crippen LogP contribution in [0.3, 0.4) is 0 Å². The molecule has 0 aliphatic heterocycles. The van der Waals surface area contributed by atoms with Crippen LogP contribution in [0.25, 0.3) is 0 Å². The number of thiazole rings is 1. The van der Waals surface area contributed by atoms with E-state index in [1.54, 1.807) is 33.2 Å². The van der Waals surface area contributed by atoms with Crippen molar-refractivity contribution in [3.8, 4) is 0 Å². The molecule has 0 aliphatic rings. The number of carboxylic acids is 1. The highest BCUT2D eigenvalue weighted by Gasteiger charge is 2.44. The summed E-state index contributed by atoms with van der Waals surface area (Å²) in [5.41, 5.74) is 0.498. The van der Waals surface area contributed by atoms with Gasteiger partial charge in [0.25, 0.3) is 0 Å². The van der Waals surface area contributed by atoms with Gasteiger partial charge in [0.1, 0.15) is 0 Å². The van der Waals surface area contributed by atoms with E-state index >= 15 is 0 Å². The molecule has 1 heterocycles. The minimum Gasteiger partial charge on any atom is -0.481 e. The Bertz CT molecular complexity index is 455. The second kappa shape index (κ2) is 5.56. The molecule has 0 fully saturated rings. The van der Waals surface area contributed by atoms with Crippen molar-refractivity contribution in [1.82, 2.24) is 15.6 Å². The van der Waals surface area contributed by atoms with Crippen molar-refractivity contribution >= 4 is 23.3 Å². The summed E-state index contributed by atoms with van der Waals surface area (Å²) >= 11 is 1.45. The molecule has 0 aliphatic carbocycles. The van der Waals surface area contributed by atoms with Crippen molar-refractivity contribution in [2.75, 3.05) is 0 Å². The number of hydrogen-bond donors (Lipinski definition) is 3. The summed E-state index contributed by atoms with van der Waals surface area (Å²) in [5.74, 6) is -0.961. The summed E-state index contributed by atoms with van der Waals surface area (Å²) in [6.07, 6.45) is 0. The van der Waals surface area contributed by atoms with E-state index in [1.165, 1.54) is 11.3 Å². The first kappa shape index (κ1) is 15.4. The molecule has 0 bridgehead atoms. The van der Waals surface area contributed by atoms with Crippen molar-refractivity contribution in [3.05, 3.63) is 16.6 Å². The van der Waals surface area contributed by atoms with Gasteiger partial charge in [-0.1, -0.05) is 0 Å². The molecule has 0 aromatic carbocycles. The van der Waals surface area contributed by atoms with Gasteiger partial charge in [0, 0.05) is 5.38 Å². The van der Waals surface area contributed by atoms with Gasteiger partial charge in [-0.25, -0.2) is 9.78 Å². The van der Waals surface area contributed by atoms with Crippen molar-refractivity contribution in [3.63, 3.8) is 0 Å². The van der Waals surface area contributed by atoms with Gasteiger partial charge in [-0.3, -0.25) is 4.79 Å². The Morgan fingerprint density at radius 1 is 1.37 bits per heavy atom. The van der Waals surface area contributed by atoms with Crippen LogP contribution >= 0.6 is 11.3 Å². The van der Waals surface area contributed by atoms with E-state index in [9.17, 15) is 14.7 Å². The zero-order valence-electron chi connectivity index (χ0n) is 11.5. The lowest BCUT2D eigenvalue weighted by atomic mass is 9.74. The maximum atomic E-state index is 11.8. The van der Waals surface area contributed by atoms with E-state index in [-0.39, 0.29) is 0 Å². The lowest BCUT2D eigenvalue weighted by Gasteiger charge is -2.38. The molecular weight excluding hydrogens is 266 g/mol. The quantitative estimate of drug-likeness (QED) is 0.769. The summed E-state index contributed by atoms with van der Waals surface area (Å²) < 4.78 is 0. The Morgan fingerprint density at radius 2 is 2.00 bits per heavy atom. The van der Waals surface area contributed by atoms with Crippen LogP contribution in [0.1, 0.15) is 33.4 Å². The Labute approximate surface area is 116 Å². The fourth-order valence-electron chi connectivity index (χ4n) is 1.25. The maximum absolute atomic E-state index is 11.8. The zero-order chi connectivity index (χ0) is 14.7. The molecule has 6 nitrogen and oxygen atoms in total. The van der Waals surface area contributed by atoms with E-state index in [0.29, 0.717) is 6.54 Å². The molecule has 7 heteroatoms. The van der Waals surface area contributed by atoms with Gasteiger partial charge in [-0.2, -0.15) is 0 Å². The largest absolute Gasteiger partial charge is 0.481 e. The second-order valence-corrected chi connectivity index (χ2v) is 6.06. The number of carbonyl (C=O) groups excluding carboxylic acids is 1. The van der Waals surface area contributed by atoms with Gasteiger partial charge in [0.2, 0.25) is 0 Å². The molecule has 0 radical (unpaired) electrons. The number of carbonyl (C=O) groups is 2. The molecule has 19 heavy (non-hydrogen) atoms. The number of aliphatic carboxylic acids is 1. The third-order valence-corrected chi connectivity index (χ3v) is 4.07. The maximum Gasteiger partial charge on any atom is 0.315 e. The van der Waals surface area contributed by atoms with E-state index in [4.69, 9.17) is 0 Å². The van der Waals surface area contributed by atoms with Crippen LogP contribution in [-0.4, -0.2) is 27.6 Å². The smallest absolute Gasteiger partial charge is 0.315 e. The number of nitrogens with zero attached hydrogens (tertiary/aromatic N) is 1.